The van der Waals surface area contributed by atoms with E-state index in [0.717, 1.165) is 70.6 Å². The Morgan fingerprint density at radius 1 is 0.282 bits per heavy atom. The molecule has 1 atom stereocenters. The lowest BCUT2D eigenvalue weighted by Crippen LogP contribution is -2.30. The zero-order valence-corrected chi connectivity index (χ0v) is 47.0. The molecule has 0 aromatic carbocycles. The van der Waals surface area contributed by atoms with E-state index in [1.807, 2.05) is 0 Å². The second kappa shape index (κ2) is 59.4. The van der Waals surface area contributed by atoms with Gasteiger partial charge in [-0.05, 0) is 109 Å². The summed E-state index contributed by atoms with van der Waals surface area (Å²) in [6.45, 7) is 6.58. The topological polar surface area (TPSA) is 78.9 Å². The molecule has 0 aromatic rings. The molecule has 0 aliphatic rings. The number of hydrogen-bond acceptors (Lipinski definition) is 6. The minimum absolute atomic E-state index is 0.0957. The highest BCUT2D eigenvalue weighted by atomic mass is 16.6. The van der Waals surface area contributed by atoms with Gasteiger partial charge in [-0.2, -0.15) is 0 Å². The molecule has 0 aromatic heterocycles. The van der Waals surface area contributed by atoms with E-state index < -0.39 is 6.10 Å². The quantitative estimate of drug-likeness (QED) is 0.0261. The smallest absolute Gasteiger partial charge is 0.306 e. The lowest BCUT2D eigenvalue weighted by molar-refractivity contribution is -0.167. The van der Waals surface area contributed by atoms with Gasteiger partial charge in [-0.1, -0.05) is 248 Å². The number of carbonyl (C=O) groups excluding carboxylic acids is 3. The van der Waals surface area contributed by atoms with Crippen molar-refractivity contribution < 1.29 is 28.6 Å². The molecule has 0 N–H and O–H groups in total. The molecule has 0 radical (unpaired) electrons. The van der Waals surface area contributed by atoms with Crippen molar-refractivity contribution in [3.8, 4) is 0 Å². The number of unbranched alkanes of at least 4 members (excludes halogenated alkanes) is 32. The Bertz CT molecular complexity index is 1320. The van der Waals surface area contributed by atoms with Crippen molar-refractivity contribution in [1.82, 2.24) is 0 Å². The normalized spacial score (nSPS) is 12.5. The first-order valence-corrected chi connectivity index (χ1v) is 30.4. The van der Waals surface area contributed by atoms with Crippen LogP contribution in [0.1, 0.15) is 303 Å². The zero-order valence-electron chi connectivity index (χ0n) is 47.0. The fourth-order valence-electron chi connectivity index (χ4n) is 8.54. The molecule has 0 bridgehead atoms. The van der Waals surface area contributed by atoms with E-state index >= 15 is 0 Å². The van der Waals surface area contributed by atoms with Crippen LogP contribution in [-0.4, -0.2) is 37.2 Å². The first kappa shape index (κ1) is 67.8. The molecule has 0 spiro atoms. The SMILES string of the molecule is CCCCC/C=C\C/C=C\C/C=C\C/C=C\CCCC(=O)OC[C@H](COC(=O)CCCCCCC/C=C\CCCCCCCC)OC(=O)CCCCCCCCCCCCC/C=C\CCCCCCCC. The van der Waals surface area contributed by atoms with Crippen LogP contribution in [0.25, 0.3) is 0 Å². The standard InChI is InChI=1S/C65H114O6/c1-4-7-10-13-16-19-22-25-28-30-31-32-33-35-38-41-44-47-50-53-56-59-65(68)71-62(60-69-63(66)57-54-51-48-45-42-39-36-27-24-21-18-15-12-9-6-3)61-70-64(67)58-55-52-49-46-43-40-37-34-29-26-23-20-17-14-11-8-5-2/h17,20,25-29,36-37,40,46,49,62H,4-16,18-19,21-24,30-35,38-39,41-45,47-48,50-61H2,1-3H3/b20-17-,28-25-,29-26-,36-27-,40-37-,49-46-/t62-/m0/s1. The van der Waals surface area contributed by atoms with Gasteiger partial charge in [0.1, 0.15) is 13.2 Å². The zero-order chi connectivity index (χ0) is 51.4. The summed E-state index contributed by atoms with van der Waals surface area (Å²) < 4.78 is 16.8. The van der Waals surface area contributed by atoms with Gasteiger partial charge < -0.3 is 14.2 Å². The molecule has 6 heteroatoms. The number of allylic oxidation sites excluding steroid dienone is 12. The Morgan fingerprint density at radius 3 is 0.887 bits per heavy atom. The second-order valence-corrected chi connectivity index (χ2v) is 20.2. The molecule has 410 valence electrons. The third-order valence-corrected chi connectivity index (χ3v) is 13.2. The van der Waals surface area contributed by atoms with Crippen LogP contribution in [0.2, 0.25) is 0 Å². The van der Waals surface area contributed by atoms with Crippen LogP contribution >= 0.6 is 0 Å². The van der Waals surface area contributed by atoms with E-state index in [2.05, 4.69) is 93.7 Å². The third-order valence-electron chi connectivity index (χ3n) is 13.2. The highest BCUT2D eigenvalue weighted by molar-refractivity contribution is 5.71. The van der Waals surface area contributed by atoms with E-state index in [-0.39, 0.29) is 37.5 Å². The van der Waals surface area contributed by atoms with Gasteiger partial charge in [0.15, 0.2) is 6.10 Å². The fraction of sp³-hybridized carbons (Fsp3) is 0.769. The fourth-order valence-corrected chi connectivity index (χ4v) is 8.54. The Labute approximate surface area is 440 Å². The maximum atomic E-state index is 12.9. The summed E-state index contributed by atoms with van der Waals surface area (Å²) in [7, 11) is 0. The monoisotopic (exact) mass is 991 g/mol. The van der Waals surface area contributed by atoms with Crippen LogP contribution < -0.4 is 0 Å². The summed E-state index contributed by atoms with van der Waals surface area (Å²) in [6, 6.07) is 0. The van der Waals surface area contributed by atoms with Gasteiger partial charge in [0.2, 0.25) is 0 Å². The van der Waals surface area contributed by atoms with Crippen LogP contribution in [0.3, 0.4) is 0 Å². The number of ether oxygens (including phenoxy) is 3. The summed E-state index contributed by atoms with van der Waals surface area (Å²) in [4.78, 5) is 38.2. The average Bonchev–Trinajstić information content (AvgIpc) is 3.37. The second-order valence-electron chi connectivity index (χ2n) is 20.2. The molecule has 0 rings (SSSR count). The summed E-state index contributed by atoms with van der Waals surface area (Å²) in [6.07, 6.45) is 76.2. The Balaban J connectivity index is 4.43. The molecular formula is C65H114O6. The summed E-state index contributed by atoms with van der Waals surface area (Å²) >= 11 is 0. The van der Waals surface area contributed by atoms with Crippen LogP contribution in [0.15, 0.2) is 72.9 Å². The predicted octanol–water partition coefficient (Wildman–Crippen LogP) is 20.5. The molecule has 0 aliphatic heterocycles. The van der Waals surface area contributed by atoms with Crippen LogP contribution in [-0.2, 0) is 28.6 Å². The molecule has 71 heavy (non-hydrogen) atoms. The summed E-state index contributed by atoms with van der Waals surface area (Å²) in [5.74, 6) is -0.952. The molecule has 6 nitrogen and oxygen atoms in total. The maximum absolute atomic E-state index is 12.9. The minimum Gasteiger partial charge on any atom is -0.462 e. The third kappa shape index (κ3) is 57.6. The Kier molecular flexibility index (Phi) is 56.8. The van der Waals surface area contributed by atoms with Crippen molar-refractivity contribution in [2.45, 2.75) is 309 Å². The largest absolute Gasteiger partial charge is 0.462 e. The van der Waals surface area contributed by atoms with Crippen molar-refractivity contribution in [3.63, 3.8) is 0 Å². The highest BCUT2D eigenvalue weighted by Crippen LogP contribution is 2.15. The van der Waals surface area contributed by atoms with E-state index in [0.29, 0.717) is 19.3 Å². The average molecular weight is 992 g/mol. The number of esters is 3. The molecule has 0 saturated heterocycles. The minimum atomic E-state index is -0.801. The molecular weight excluding hydrogens is 877 g/mol. The number of carbonyl (C=O) groups is 3. The first-order valence-electron chi connectivity index (χ1n) is 30.4. The molecule has 0 fully saturated rings. The molecule has 0 saturated carbocycles. The van der Waals surface area contributed by atoms with Gasteiger partial charge in [0.05, 0.1) is 0 Å². The van der Waals surface area contributed by atoms with E-state index in [1.165, 1.54) is 186 Å². The number of hydrogen-bond donors (Lipinski definition) is 0. The van der Waals surface area contributed by atoms with Gasteiger partial charge >= 0.3 is 17.9 Å². The van der Waals surface area contributed by atoms with Gasteiger partial charge in [-0.25, -0.2) is 0 Å². The molecule has 0 aliphatic carbocycles. The Morgan fingerprint density at radius 2 is 0.521 bits per heavy atom. The summed E-state index contributed by atoms with van der Waals surface area (Å²) in [5, 5.41) is 0. The molecule has 0 heterocycles. The predicted molar refractivity (Wildman–Crippen MR) is 307 cm³/mol. The van der Waals surface area contributed by atoms with Crippen molar-refractivity contribution in [2.24, 2.45) is 0 Å². The van der Waals surface area contributed by atoms with Crippen molar-refractivity contribution >= 4 is 17.9 Å². The van der Waals surface area contributed by atoms with Gasteiger partial charge in [0.25, 0.3) is 0 Å². The van der Waals surface area contributed by atoms with E-state index in [4.69, 9.17) is 14.2 Å². The first-order chi connectivity index (χ1) is 35.0. The highest BCUT2D eigenvalue weighted by Gasteiger charge is 2.19. The molecule has 0 unspecified atom stereocenters. The van der Waals surface area contributed by atoms with Crippen molar-refractivity contribution in [3.05, 3.63) is 72.9 Å². The lowest BCUT2D eigenvalue weighted by Gasteiger charge is -2.18. The van der Waals surface area contributed by atoms with Crippen molar-refractivity contribution in [1.29, 1.82) is 0 Å². The number of rotatable bonds is 55. The summed E-state index contributed by atoms with van der Waals surface area (Å²) in [5.41, 5.74) is 0. The lowest BCUT2D eigenvalue weighted by atomic mass is 10.0. The van der Waals surface area contributed by atoms with E-state index in [1.54, 1.807) is 0 Å². The van der Waals surface area contributed by atoms with Crippen LogP contribution in [0.5, 0.6) is 0 Å². The van der Waals surface area contributed by atoms with Gasteiger partial charge in [-0.15, -0.1) is 0 Å². The van der Waals surface area contributed by atoms with Gasteiger partial charge in [-0.3, -0.25) is 14.4 Å². The van der Waals surface area contributed by atoms with Crippen LogP contribution in [0.4, 0.5) is 0 Å². The molecule has 0 amide bonds. The Hall–Kier alpha value is -3.15. The maximum Gasteiger partial charge on any atom is 0.306 e. The van der Waals surface area contributed by atoms with E-state index in [9.17, 15) is 14.4 Å². The van der Waals surface area contributed by atoms with Gasteiger partial charge in [0, 0.05) is 19.3 Å². The van der Waals surface area contributed by atoms with Crippen LogP contribution in [0, 0.1) is 0 Å². The van der Waals surface area contributed by atoms with Crippen molar-refractivity contribution in [2.75, 3.05) is 13.2 Å².